The van der Waals surface area contributed by atoms with Crippen molar-refractivity contribution in [3.8, 4) is 5.88 Å². The predicted octanol–water partition coefficient (Wildman–Crippen LogP) is 2.05. The maximum Gasteiger partial charge on any atom is 0.407 e. The summed E-state index contributed by atoms with van der Waals surface area (Å²) in [5.41, 5.74) is 2.86. The smallest absolute Gasteiger partial charge is 0.407 e. The molecule has 0 saturated carbocycles. The molecule has 1 amide bonds. The topological polar surface area (TPSA) is 122 Å². The van der Waals surface area contributed by atoms with E-state index in [1.54, 1.807) is 24.4 Å². The standard InChI is InChI=1S/C19H20N4O5S/c1-29(26,27)13-2-3-16-14(8-13)15(10-20-16)17-9-18(22-11-21-17)28-12-4-6-23(7-5-12)19(24)25/h2,8-12H,3-7H2,1H3,(H,24,25). The number of aromatic nitrogens is 2. The molecule has 0 atom stereocenters. The number of amides is 1. The van der Waals surface area contributed by atoms with Crippen LogP contribution in [0, 0.1) is 0 Å². The average molecular weight is 416 g/mol. The van der Waals surface area contributed by atoms with Gasteiger partial charge in [-0.25, -0.2) is 23.2 Å². The summed E-state index contributed by atoms with van der Waals surface area (Å²) >= 11 is 0. The molecule has 2 aliphatic heterocycles. The van der Waals surface area contributed by atoms with Crippen LogP contribution in [0.3, 0.4) is 0 Å². The zero-order valence-electron chi connectivity index (χ0n) is 15.8. The molecule has 0 spiro atoms. The number of allylic oxidation sites excluding steroid dienone is 4. The van der Waals surface area contributed by atoms with Crippen LogP contribution in [0.15, 0.2) is 46.2 Å². The van der Waals surface area contributed by atoms with Crippen LogP contribution in [0.1, 0.15) is 25.0 Å². The number of nitrogens with zero attached hydrogens (tertiary/aromatic N) is 4. The molecule has 1 N–H and O–H groups in total. The Kier molecular flexibility index (Phi) is 4.95. The molecule has 10 heteroatoms. The van der Waals surface area contributed by atoms with E-state index in [4.69, 9.17) is 9.84 Å². The van der Waals surface area contributed by atoms with Gasteiger partial charge in [0.2, 0.25) is 5.88 Å². The van der Waals surface area contributed by atoms with Gasteiger partial charge in [-0.2, -0.15) is 0 Å². The van der Waals surface area contributed by atoms with E-state index in [2.05, 4.69) is 15.0 Å². The second kappa shape index (κ2) is 7.43. The van der Waals surface area contributed by atoms with Gasteiger partial charge in [-0.15, -0.1) is 0 Å². The average Bonchev–Trinajstić information content (AvgIpc) is 3.11. The van der Waals surface area contributed by atoms with Crippen LogP contribution < -0.4 is 4.74 Å². The third-order valence-corrected chi connectivity index (χ3v) is 6.22. The fourth-order valence-electron chi connectivity index (χ4n) is 3.51. The molecule has 4 rings (SSSR count). The highest BCUT2D eigenvalue weighted by Crippen LogP contribution is 2.34. The lowest BCUT2D eigenvalue weighted by molar-refractivity contribution is 0.0870. The first-order valence-electron chi connectivity index (χ1n) is 9.18. The Morgan fingerprint density at radius 3 is 2.69 bits per heavy atom. The largest absolute Gasteiger partial charge is 0.474 e. The number of piperidine rings is 1. The molecule has 0 aromatic carbocycles. The van der Waals surface area contributed by atoms with Crippen molar-refractivity contribution in [1.29, 1.82) is 0 Å². The second-order valence-electron chi connectivity index (χ2n) is 7.09. The number of hydrogen-bond acceptors (Lipinski definition) is 7. The van der Waals surface area contributed by atoms with Crippen LogP contribution in [0.4, 0.5) is 4.79 Å². The van der Waals surface area contributed by atoms with Crippen molar-refractivity contribution in [2.75, 3.05) is 19.3 Å². The summed E-state index contributed by atoms with van der Waals surface area (Å²) in [6.07, 6.45) is 8.14. The maximum atomic E-state index is 11.9. The number of fused-ring (bicyclic) bond motifs is 1. The summed E-state index contributed by atoms with van der Waals surface area (Å²) in [4.78, 5) is 25.5. The summed E-state index contributed by atoms with van der Waals surface area (Å²) in [7, 11) is -3.31. The van der Waals surface area contributed by atoms with E-state index in [1.165, 1.54) is 17.5 Å². The number of sulfone groups is 1. The van der Waals surface area contributed by atoms with E-state index < -0.39 is 15.9 Å². The number of ether oxygens (including phenoxy) is 1. The lowest BCUT2D eigenvalue weighted by Gasteiger charge is -2.29. The van der Waals surface area contributed by atoms with Crippen LogP contribution in [0.2, 0.25) is 0 Å². The Bertz CT molecular complexity index is 1080. The maximum absolute atomic E-state index is 11.9. The van der Waals surface area contributed by atoms with Gasteiger partial charge in [0, 0.05) is 62.0 Å². The third-order valence-electron chi connectivity index (χ3n) is 5.08. The molecule has 1 aromatic rings. The van der Waals surface area contributed by atoms with Gasteiger partial charge < -0.3 is 14.7 Å². The number of hydrogen-bond donors (Lipinski definition) is 1. The van der Waals surface area contributed by atoms with Crippen LogP contribution in [0.5, 0.6) is 5.88 Å². The quantitative estimate of drug-likeness (QED) is 0.797. The molecule has 3 heterocycles. The predicted molar refractivity (Wildman–Crippen MR) is 106 cm³/mol. The van der Waals surface area contributed by atoms with Crippen LogP contribution in [-0.4, -0.2) is 65.6 Å². The first kappa shape index (κ1) is 19.3. The minimum atomic E-state index is -3.31. The Labute approximate surface area is 168 Å². The number of rotatable bonds is 4. The SMILES string of the molecule is CS(=O)(=O)C1=CCC2=NC=C(c3cc(OC4CCN(C(=O)O)CC4)ncn3)C2=C1. The number of aliphatic imine (C=N–C) groups is 1. The molecule has 1 aromatic heterocycles. The Morgan fingerprint density at radius 1 is 1.24 bits per heavy atom. The minimum absolute atomic E-state index is 0.119. The van der Waals surface area contributed by atoms with Gasteiger partial charge in [-0.05, 0) is 6.08 Å². The number of carboxylic acid groups (broad SMARTS) is 1. The molecule has 9 nitrogen and oxygen atoms in total. The minimum Gasteiger partial charge on any atom is -0.474 e. The third kappa shape index (κ3) is 4.07. The Balaban J connectivity index is 1.51. The van der Waals surface area contributed by atoms with Crippen molar-refractivity contribution in [2.24, 2.45) is 4.99 Å². The highest BCUT2D eigenvalue weighted by atomic mass is 32.2. The van der Waals surface area contributed by atoms with Crippen LogP contribution in [-0.2, 0) is 9.84 Å². The fraction of sp³-hybridized carbons (Fsp3) is 0.368. The lowest BCUT2D eigenvalue weighted by atomic mass is 9.95. The fourth-order valence-corrected chi connectivity index (χ4v) is 4.23. The first-order valence-corrected chi connectivity index (χ1v) is 11.1. The molecule has 1 aliphatic carbocycles. The van der Waals surface area contributed by atoms with Crippen LogP contribution in [0.25, 0.3) is 5.57 Å². The molecule has 29 heavy (non-hydrogen) atoms. The van der Waals surface area contributed by atoms with Crippen molar-refractivity contribution in [1.82, 2.24) is 14.9 Å². The molecule has 0 bridgehead atoms. The van der Waals surface area contributed by atoms with Crippen molar-refractivity contribution >= 4 is 27.2 Å². The van der Waals surface area contributed by atoms with Gasteiger partial charge >= 0.3 is 6.09 Å². The highest BCUT2D eigenvalue weighted by Gasteiger charge is 2.27. The van der Waals surface area contributed by atoms with E-state index in [0.29, 0.717) is 43.9 Å². The second-order valence-corrected chi connectivity index (χ2v) is 9.10. The van der Waals surface area contributed by atoms with E-state index in [1.807, 2.05) is 0 Å². The molecular formula is C19H20N4O5S. The van der Waals surface area contributed by atoms with E-state index in [0.717, 1.165) is 16.9 Å². The zero-order chi connectivity index (χ0) is 20.6. The molecule has 0 unspecified atom stereocenters. The van der Waals surface area contributed by atoms with Crippen molar-refractivity contribution in [3.05, 3.63) is 46.9 Å². The van der Waals surface area contributed by atoms with Crippen molar-refractivity contribution in [2.45, 2.75) is 25.4 Å². The summed E-state index contributed by atoms with van der Waals surface area (Å²) in [6, 6.07) is 1.70. The molecule has 0 radical (unpaired) electrons. The molecule has 152 valence electrons. The van der Waals surface area contributed by atoms with Gasteiger partial charge in [-0.3, -0.25) is 4.99 Å². The number of carbonyl (C=O) groups is 1. The zero-order valence-corrected chi connectivity index (χ0v) is 16.6. The molecular weight excluding hydrogens is 396 g/mol. The van der Waals surface area contributed by atoms with E-state index in [-0.39, 0.29) is 11.0 Å². The van der Waals surface area contributed by atoms with Gasteiger partial charge in [0.15, 0.2) is 9.84 Å². The first-order chi connectivity index (χ1) is 13.8. The van der Waals surface area contributed by atoms with Gasteiger partial charge in [0.1, 0.15) is 12.4 Å². The monoisotopic (exact) mass is 416 g/mol. The number of likely N-dealkylation sites (tertiary alicyclic amines) is 1. The summed E-state index contributed by atoms with van der Waals surface area (Å²) in [6.45, 7) is 0.849. The van der Waals surface area contributed by atoms with Crippen molar-refractivity contribution < 1.29 is 23.1 Å². The highest BCUT2D eigenvalue weighted by molar-refractivity contribution is 7.94. The Morgan fingerprint density at radius 2 is 2.00 bits per heavy atom. The van der Waals surface area contributed by atoms with Gasteiger partial charge in [0.05, 0.1) is 16.3 Å². The summed E-state index contributed by atoms with van der Waals surface area (Å²) in [5, 5.41) is 9.04. The van der Waals surface area contributed by atoms with Gasteiger partial charge in [-0.1, -0.05) is 6.08 Å². The lowest BCUT2D eigenvalue weighted by Crippen LogP contribution is -2.41. The van der Waals surface area contributed by atoms with E-state index >= 15 is 0 Å². The normalized spacial score (nSPS) is 19.7. The van der Waals surface area contributed by atoms with E-state index in [9.17, 15) is 13.2 Å². The van der Waals surface area contributed by atoms with Crippen LogP contribution >= 0.6 is 0 Å². The Hall–Kier alpha value is -3.01. The molecule has 1 fully saturated rings. The summed E-state index contributed by atoms with van der Waals surface area (Å²) in [5.74, 6) is 0.397. The van der Waals surface area contributed by atoms with Crippen molar-refractivity contribution in [3.63, 3.8) is 0 Å². The summed E-state index contributed by atoms with van der Waals surface area (Å²) < 4.78 is 29.7. The molecule has 3 aliphatic rings. The van der Waals surface area contributed by atoms with Gasteiger partial charge in [0.25, 0.3) is 0 Å². The molecule has 1 saturated heterocycles.